The standard InChI is InChI=1S/C25H24BrFN8O2/c1-25(23(37)34-12-19(36)33(2)13-34)6-5-15(10-25)30-24-29-11-17-21(26)32-35(22(17)31-24)16-8-14-4-3-7-28-20(14)18(27)9-16/h3-4,7-9,11,15H,5-6,10,12-13H2,1-2H3,(H,29,30,31)/t15-,25+/m1/s1. The predicted molar refractivity (Wildman–Crippen MR) is 138 cm³/mol. The van der Waals surface area contributed by atoms with Crippen LogP contribution in [0.3, 0.4) is 0 Å². The van der Waals surface area contributed by atoms with Crippen LogP contribution in [0.2, 0.25) is 0 Å². The van der Waals surface area contributed by atoms with E-state index in [9.17, 15) is 14.0 Å². The van der Waals surface area contributed by atoms with E-state index in [2.05, 4.69) is 36.3 Å². The van der Waals surface area contributed by atoms with Crippen LogP contribution in [0.25, 0.3) is 27.6 Å². The van der Waals surface area contributed by atoms with Gasteiger partial charge in [-0.3, -0.25) is 14.6 Å². The Morgan fingerprint density at radius 3 is 2.92 bits per heavy atom. The van der Waals surface area contributed by atoms with Gasteiger partial charge < -0.3 is 15.1 Å². The molecule has 37 heavy (non-hydrogen) atoms. The van der Waals surface area contributed by atoms with Crippen molar-refractivity contribution in [3.8, 4) is 5.69 Å². The molecule has 6 rings (SSSR count). The average Bonchev–Trinajstić information content (AvgIpc) is 3.54. The molecule has 4 aromatic rings. The molecule has 2 amide bonds. The van der Waals surface area contributed by atoms with Crippen molar-refractivity contribution >= 4 is 55.6 Å². The number of rotatable bonds is 4. The zero-order valence-electron chi connectivity index (χ0n) is 20.3. The Morgan fingerprint density at radius 1 is 1.30 bits per heavy atom. The number of carbonyl (C=O) groups is 2. The maximum atomic E-state index is 14.8. The lowest BCUT2D eigenvalue weighted by Crippen LogP contribution is -2.41. The average molecular weight is 567 g/mol. The number of hydrogen-bond acceptors (Lipinski definition) is 7. The van der Waals surface area contributed by atoms with Crippen molar-refractivity contribution in [3.63, 3.8) is 0 Å². The Morgan fingerprint density at radius 2 is 2.14 bits per heavy atom. The van der Waals surface area contributed by atoms with Crippen molar-refractivity contribution in [1.29, 1.82) is 0 Å². The third-order valence-corrected chi connectivity index (χ3v) is 7.87. The van der Waals surface area contributed by atoms with E-state index < -0.39 is 11.2 Å². The van der Waals surface area contributed by atoms with Gasteiger partial charge in [-0.25, -0.2) is 14.1 Å². The summed E-state index contributed by atoms with van der Waals surface area (Å²) in [5.74, 6) is -0.0831. The number of benzene rings is 1. The van der Waals surface area contributed by atoms with Gasteiger partial charge in [-0.05, 0) is 47.3 Å². The fourth-order valence-electron chi connectivity index (χ4n) is 5.30. The first-order chi connectivity index (χ1) is 17.7. The predicted octanol–water partition coefficient (Wildman–Crippen LogP) is 3.49. The number of carbonyl (C=O) groups excluding carboxylic acids is 2. The highest BCUT2D eigenvalue weighted by molar-refractivity contribution is 9.10. The van der Waals surface area contributed by atoms with Gasteiger partial charge in [0.25, 0.3) is 0 Å². The van der Waals surface area contributed by atoms with Crippen LogP contribution in [0, 0.1) is 11.2 Å². The van der Waals surface area contributed by atoms with Gasteiger partial charge in [0.1, 0.15) is 16.7 Å². The molecule has 3 aromatic heterocycles. The van der Waals surface area contributed by atoms with Crippen molar-refractivity contribution in [1.82, 2.24) is 34.5 Å². The van der Waals surface area contributed by atoms with Gasteiger partial charge >= 0.3 is 0 Å². The van der Waals surface area contributed by atoms with Crippen LogP contribution in [0.4, 0.5) is 10.3 Å². The van der Waals surface area contributed by atoms with E-state index in [-0.39, 0.29) is 24.4 Å². The second-order valence-electron chi connectivity index (χ2n) is 10.0. The third-order valence-electron chi connectivity index (χ3n) is 7.28. The zero-order valence-corrected chi connectivity index (χ0v) is 21.9. The minimum Gasteiger partial charge on any atom is -0.351 e. The van der Waals surface area contributed by atoms with Crippen LogP contribution < -0.4 is 5.32 Å². The van der Waals surface area contributed by atoms with Crippen molar-refractivity contribution in [2.75, 3.05) is 25.6 Å². The molecule has 1 N–H and O–H groups in total. The van der Waals surface area contributed by atoms with E-state index in [1.54, 1.807) is 46.1 Å². The van der Waals surface area contributed by atoms with E-state index in [1.807, 2.05) is 13.0 Å². The first kappa shape index (κ1) is 23.7. The van der Waals surface area contributed by atoms with Gasteiger partial charge in [0.15, 0.2) is 11.5 Å². The highest BCUT2D eigenvalue weighted by Gasteiger charge is 2.45. The highest BCUT2D eigenvalue weighted by atomic mass is 79.9. The summed E-state index contributed by atoms with van der Waals surface area (Å²) in [4.78, 5) is 41.6. The Bertz CT molecular complexity index is 1580. The summed E-state index contributed by atoms with van der Waals surface area (Å²) >= 11 is 3.46. The number of nitrogens with zero attached hydrogens (tertiary/aromatic N) is 7. The number of aromatic nitrogens is 5. The van der Waals surface area contributed by atoms with Crippen molar-refractivity contribution in [2.45, 2.75) is 32.2 Å². The minimum absolute atomic E-state index is 0.000646. The third kappa shape index (κ3) is 4.08. The summed E-state index contributed by atoms with van der Waals surface area (Å²) in [5, 5.41) is 9.23. The fourth-order valence-corrected chi connectivity index (χ4v) is 5.74. The number of anilines is 1. The number of fused-ring (bicyclic) bond motifs is 2. The van der Waals surface area contributed by atoms with Crippen molar-refractivity contribution in [2.24, 2.45) is 5.41 Å². The molecule has 10 nitrogen and oxygen atoms in total. The van der Waals surface area contributed by atoms with Crippen LogP contribution in [-0.4, -0.2) is 72.6 Å². The largest absolute Gasteiger partial charge is 0.351 e. The Balaban J connectivity index is 1.26. The Hall–Kier alpha value is -3.67. The van der Waals surface area contributed by atoms with Crippen LogP contribution in [-0.2, 0) is 9.59 Å². The summed E-state index contributed by atoms with van der Waals surface area (Å²) in [7, 11) is 1.71. The number of hydrogen-bond donors (Lipinski definition) is 1. The second-order valence-corrected chi connectivity index (χ2v) is 10.8. The van der Waals surface area contributed by atoms with Gasteiger partial charge in [-0.15, -0.1) is 0 Å². The number of pyridine rings is 1. The molecule has 1 aliphatic carbocycles. The molecule has 2 fully saturated rings. The summed E-state index contributed by atoms with van der Waals surface area (Å²) in [5.41, 5.74) is 0.766. The molecule has 1 saturated carbocycles. The van der Waals surface area contributed by atoms with E-state index in [4.69, 9.17) is 4.98 Å². The quantitative estimate of drug-likeness (QED) is 0.402. The lowest BCUT2D eigenvalue weighted by atomic mass is 9.87. The normalized spacial score (nSPS) is 21.9. The molecule has 0 unspecified atom stereocenters. The molecule has 190 valence electrons. The van der Waals surface area contributed by atoms with Gasteiger partial charge in [0, 0.05) is 42.4 Å². The van der Waals surface area contributed by atoms with E-state index in [1.165, 1.54) is 6.07 Å². The molecular formula is C25H24BrFN8O2. The SMILES string of the molecule is CN1CN(C(=O)[C@@]2(C)CC[C@@H](Nc3ncc4c(Br)nn(-c5cc(F)c6ncccc6c5)c4n3)C2)CC1=O. The summed E-state index contributed by atoms with van der Waals surface area (Å²) < 4.78 is 16.9. The number of likely N-dealkylation sites (N-methyl/N-ethyl adjacent to an activating group) is 1. The minimum atomic E-state index is -0.561. The first-order valence-electron chi connectivity index (χ1n) is 12.0. The van der Waals surface area contributed by atoms with Crippen LogP contribution in [0.15, 0.2) is 41.3 Å². The smallest absolute Gasteiger partial charge is 0.243 e. The fraction of sp³-hybridized carbons (Fsp3) is 0.360. The van der Waals surface area contributed by atoms with Crippen LogP contribution >= 0.6 is 15.9 Å². The molecule has 0 spiro atoms. The van der Waals surface area contributed by atoms with Gasteiger partial charge in [0.2, 0.25) is 17.8 Å². The highest BCUT2D eigenvalue weighted by Crippen LogP contribution is 2.41. The maximum absolute atomic E-state index is 14.8. The van der Waals surface area contributed by atoms with Crippen molar-refractivity contribution in [3.05, 3.63) is 47.1 Å². The monoisotopic (exact) mass is 566 g/mol. The van der Waals surface area contributed by atoms with E-state index in [0.717, 1.165) is 6.42 Å². The number of amides is 2. The molecule has 0 radical (unpaired) electrons. The molecule has 1 saturated heterocycles. The zero-order chi connectivity index (χ0) is 25.9. The maximum Gasteiger partial charge on any atom is 0.243 e. The molecule has 0 bridgehead atoms. The van der Waals surface area contributed by atoms with Gasteiger partial charge in [-0.2, -0.15) is 10.1 Å². The van der Waals surface area contributed by atoms with E-state index >= 15 is 0 Å². The molecule has 1 aliphatic heterocycles. The first-order valence-corrected chi connectivity index (χ1v) is 12.8. The Kier molecular flexibility index (Phi) is 5.59. The molecule has 2 atom stereocenters. The molecule has 2 aliphatic rings. The van der Waals surface area contributed by atoms with Crippen molar-refractivity contribution < 1.29 is 14.0 Å². The lowest BCUT2D eigenvalue weighted by molar-refractivity contribution is -0.140. The van der Waals surface area contributed by atoms with E-state index in [0.29, 0.717) is 57.7 Å². The number of halogens is 2. The summed E-state index contributed by atoms with van der Waals surface area (Å²) in [6.45, 7) is 2.42. The number of nitrogens with one attached hydrogen (secondary N) is 1. The molecular weight excluding hydrogens is 543 g/mol. The molecule has 4 heterocycles. The topological polar surface area (TPSA) is 109 Å². The van der Waals surface area contributed by atoms with Crippen LogP contribution in [0.1, 0.15) is 26.2 Å². The lowest BCUT2D eigenvalue weighted by Gasteiger charge is -2.28. The summed E-state index contributed by atoms with van der Waals surface area (Å²) in [6.07, 6.45) is 5.30. The van der Waals surface area contributed by atoms with Gasteiger partial charge in [-0.1, -0.05) is 13.0 Å². The van der Waals surface area contributed by atoms with Gasteiger partial charge in [0.05, 0.1) is 17.7 Å². The summed E-state index contributed by atoms with van der Waals surface area (Å²) in [6, 6.07) is 6.75. The van der Waals surface area contributed by atoms with Crippen LogP contribution in [0.5, 0.6) is 0 Å². The second kappa shape index (κ2) is 8.72. The Labute approximate surface area is 220 Å². The molecule has 1 aromatic carbocycles. The molecule has 12 heteroatoms.